The van der Waals surface area contributed by atoms with Gasteiger partial charge in [0.1, 0.15) is 5.01 Å². The summed E-state index contributed by atoms with van der Waals surface area (Å²) in [6, 6.07) is 2.02. The lowest BCUT2D eigenvalue weighted by Gasteiger charge is -2.16. The molecule has 0 saturated carbocycles. The Bertz CT molecular complexity index is 764. The number of thiazole rings is 1. The first-order valence-corrected chi connectivity index (χ1v) is 9.58. The van der Waals surface area contributed by atoms with Gasteiger partial charge >= 0.3 is 0 Å². The van der Waals surface area contributed by atoms with Crippen molar-refractivity contribution in [1.82, 2.24) is 19.9 Å². The molecule has 134 valence electrons. The molecule has 1 atom stereocenters. The van der Waals surface area contributed by atoms with E-state index in [1.807, 2.05) is 17.7 Å². The van der Waals surface area contributed by atoms with Gasteiger partial charge in [-0.25, -0.2) is 9.97 Å². The average Bonchev–Trinajstić information content (AvgIpc) is 3.29. The summed E-state index contributed by atoms with van der Waals surface area (Å²) in [5.74, 6) is 0.0365. The fourth-order valence-electron chi connectivity index (χ4n) is 2.41. The second-order valence-electron chi connectivity index (χ2n) is 5.70. The van der Waals surface area contributed by atoms with E-state index >= 15 is 0 Å². The predicted octanol–water partition coefficient (Wildman–Crippen LogP) is 3.93. The molecule has 3 aromatic heterocycles. The topological polar surface area (TPSA) is 59.8 Å². The van der Waals surface area contributed by atoms with Crippen molar-refractivity contribution in [2.24, 2.45) is 0 Å². The molecule has 5 nitrogen and oxygen atoms in total. The Morgan fingerprint density at radius 1 is 1.40 bits per heavy atom. The average molecular weight is 397 g/mol. The van der Waals surface area contributed by atoms with Crippen LogP contribution in [-0.4, -0.2) is 20.4 Å². The molecule has 0 aliphatic carbocycles. The van der Waals surface area contributed by atoms with E-state index in [1.165, 1.54) is 10.4 Å². The van der Waals surface area contributed by atoms with Crippen LogP contribution in [0.5, 0.6) is 0 Å². The maximum absolute atomic E-state index is 12.4. The number of nitrogens with one attached hydrogen (secondary N) is 1. The van der Waals surface area contributed by atoms with E-state index in [1.54, 1.807) is 35.2 Å². The van der Waals surface area contributed by atoms with E-state index in [-0.39, 0.29) is 24.4 Å². The molecule has 3 heterocycles. The molecular formula is C17H21ClN4OS2. The number of thiophene rings is 1. The molecule has 1 unspecified atom stereocenters. The Morgan fingerprint density at radius 2 is 2.24 bits per heavy atom. The van der Waals surface area contributed by atoms with E-state index in [2.05, 4.69) is 39.0 Å². The summed E-state index contributed by atoms with van der Waals surface area (Å²) in [7, 11) is 0. The minimum Gasteiger partial charge on any atom is -0.346 e. The van der Waals surface area contributed by atoms with Crippen molar-refractivity contribution in [3.63, 3.8) is 0 Å². The van der Waals surface area contributed by atoms with Crippen LogP contribution in [0.25, 0.3) is 0 Å². The third-order valence-corrected chi connectivity index (χ3v) is 5.77. The molecule has 0 radical (unpaired) electrons. The van der Waals surface area contributed by atoms with E-state index < -0.39 is 0 Å². The standard InChI is InChI=1S/C17H20N4OS2.ClH/c1-12-13(2)24-17(19-12)15(9-14-4-8-23-10-14)20-16(22)3-6-21-7-5-18-11-21;/h4-5,7-8,10-11,15H,3,6,9H2,1-2H3,(H,20,22);1H. The fourth-order valence-corrected chi connectivity index (χ4v) is 4.06. The summed E-state index contributed by atoms with van der Waals surface area (Å²) >= 11 is 3.34. The van der Waals surface area contributed by atoms with Crippen LogP contribution in [0.3, 0.4) is 0 Å². The molecule has 0 saturated heterocycles. The molecule has 0 aliphatic heterocycles. The number of rotatable bonds is 7. The van der Waals surface area contributed by atoms with Crippen molar-refractivity contribution in [1.29, 1.82) is 0 Å². The fraction of sp³-hybridized carbons (Fsp3) is 0.353. The highest BCUT2D eigenvalue weighted by molar-refractivity contribution is 7.11. The summed E-state index contributed by atoms with van der Waals surface area (Å²) in [6.45, 7) is 4.71. The molecule has 3 rings (SSSR count). The molecule has 0 fully saturated rings. The smallest absolute Gasteiger partial charge is 0.222 e. The number of amides is 1. The van der Waals surface area contributed by atoms with Crippen molar-refractivity contribution in [2.75, 3.05) is 0 Å². The van der Waals surface area contributed by atoms with Gasteiger partial charge in [0.2, 0.25) is 5.91 Å². The molecule has 1 N–H and O–H groups in total. The van der Waals surface area contributed by atoms with Crippen molar-refractivity contribution < 1.29 is 4.79 Å². The third-order valence-electron chi connectivity index (χ3n) is 3.85. The number of aromatic nitrogens is 3. The van der Waals surface area contributed by atoms with Gasteiger partial charge in [-0.15, -0.1) is 23.7 Å². The summed E-state index contributed by atoms with van der Waals surface area (Å²) in [5, 5.41) is 8.32. The monoisotopic (exact) mass is 396 g/mol. The molecule has 25 heavy (non-hydrogen) atoms. The number of carbonyl (C=O) groups is 1. The van der Waals surface area contributed by atoms with Gasteiger partial charge in [-0.2, -0.15) is 11.3 Å². The normalized spacial score (nSPS) is 11.8. The third kappa shape index (κ3) is 5.39. The van der Waals surface area contributed by atoms with Crippen LogP contribution in [0, 0.1) is 13.8 Å². The first-order valence-electron chi connectivity index (χ1n) is 7.82. The Labute approximate surface area is 161 Å². The van der Waals surface area contributed by atoms with Crippen LogP contribution >= 0.6 is 35.1 Å². The van der Waals surface area contributed by atoms with Gasteiger partial charge < -0.3 is 9.88 Å². The van der Waals surface area contributed by atoms with Crippen molar-refractivity contribution >= 4 is 41.0 Å². The number of aryl methyl sites for hydroxylation is 3. The Hall–Kier alpha value is -1.70. The highest BCUT2D eigenvalue weighted by atomic mass is 35.5. The minimum atomic E-state index is -0.0766. The molecular weight excluding hydrogens is 376 g/mol. The second-order valence-corrected chi connectivity index (χ2v) is 7.71. The summed E-state index contributed by atoms with van der Waals surface area (Å²) in [6.07, 6.45) is 6.51. The summed E-state index contributed by atoms with van der Waals surface area (Å²) in [5.41, 5.74) is 2.27. The number of hydrogen-bond acceptors (Lipinski definition) is 5. The largest absolute Gasteiger partial charge is 0.346 e. The van der Waals surface area contributed by atoms with Gasteiger partial charge in [0.25, 0.3) is 0 Å². The minimum absolute atomic E-state index is 0. The van der Waals surface area contributed by atoms with Crippen molar-refractivity contribution in [3.8, 4) is 0 Å². The van der Waals surface area contributed by atoms with Crippen LogP contribution in [0.1, 0.15) is 33.6 Å². The van der Waals surface area contributed by atoms with E-state index in [9.17, 15) is 4.79 Å². The zero-order chi connectivity index (χ0) is 16.9. The lowest BCUT2D eigenvalue weighted by Crippen LogP contribution is -2.30. The maximum atomic E-state index is 12.4. The van der Waals surface area contributed by atoms with E-state index in [4.69, 9.17) is 0 Å². The van der Waals surface area contributed by atoms with Gasteiger partial charge in [-0.3, -0.25) is 4.79 Å². The summed E-state index contributed by atoms with van der Waals surface area (Å²) < 4.78 is 1.91. The quantitative estimate of drug-likeness (QED) is 0.658. The SMILES string of the molecule is Cc1nc(C(Cc2ccsc2)NC(=O)CCn2ccnc2)sc1C.Cl. The van der Waals surface area contributed by atoms with E-state index in [0.717, 1.165) is 17.1 Å². The number of carbonyl (C=O) groups excluding carboxylic acids is 1. The first kappa shape index (κ1) is 19.6. The summed E-state index contributed by atoms with van der Waals surface area (Å²) in [4.78, 5) is 22.2. The Morgan fingerprint density at radius 3 is 2.84 bits per heavy atom. The molecule has 1 amide bonds. The second kappa shape index (κ2) is 9.12. The zero-order valence-corrected chi connectivity index (χ0v) is 16.6. The molecule has 3 aromatic rings. The number of imidazole rings is 1. The lowest BCUT2D eigenvalue weighted by molar-refractivity contribution is -0.122. The van der Waals surface area contributed by atoms with Gasteiger partial charge in [0.05, 0.1) is 18.1 Å². The van der Waals surface area contributed by atoms with Gasteiger partial charge in [-0.05, 0) is 36.2 Å². The number of halogens is 1. The molecule has 0 aromatic carbocycles. The van der Waals surface area contributed by atoms with Crippen LogP contribution < -0.4 is 5.32 Å². The number of nitrogens with zero attached hydrogens (tertiary/aromatic N) is 3. The maximum Gasteiger partial charge on any atom is 0.222 e. The van der Waals surface area contributed by atoms with Gasteiger partial charge in [-0.1, -0.05) is 0 Å². The Balaban J connectivity index is 0.00000225. The van der Waals surface area contributed by atoms with Crippen LogP contribution in [0.4, 0.5) is 0 Å². The van der Waals surface area contributed by atoms with Crippen molar-refractivity contribution in [2.45, 2.75) is 39.3 Å². The van der Waals surface area contributed by atoms with Crippen molar-refractivity contribution in [3.05, 3.63) is 56.7 Å². The molecule has 0 bridgehead atoms. The predicted molar refractivity (Wildman–Crippen MR) is 105 cm³/mol. The highest BCUT2D eigenvalue weighted by Crippen LogP contribution is 2.26. The zero-order valence-electron chi connectivity index (χ0n) is 14.1. The molecule has 0 aliphatic rings. The van der Waals surface area contributed by atoms with Crippen LogP contribution in [0.15, 0.2) is 35.5 Å². The molecule has 8 heteroatoms. The van der Waals surface area contributed by atoms with E-state index in [0.29, 0.717) is 13.0 Å². The van der Waals surface area contributed by atoms with Gasteiger partial charge in [0, 0.05) is 36.7 Å². The number of hydrogen-bond donors (Lipinski definition) is 1. The highest BCUT2D eigenvalue weighted by Gasteiger charge is 2.19. The molecule has 0 spiro atoms. The lowest BCUT2D eigenvalue weighted by atomic mass is 10.1. The van der Waals surface area contributed by atoms with Crippen LogP contribution in [-0.2, 0) is 17.8 Å². The first-order chi connectivity index (χ1) is 11.6. The van der Waals surface area contributed by atoms with Crippen LogP contribution in [0.2, 0.25) is 0 Å². The Kier molecular flexibility index (Phi) is 7.16. The van der Waals surface area contributed by atoms with Gasteiger partial charge in [0.15, 0.2) is 0 Å².